The molecular formula is C65H40N2O. The molecule has 10 aromatic carbocycles. The van der Waals surface area contributed by atoms with Crippen molar-refractivity contribution in [1.29, 1.82) is 0 Å². The maximum Gasteiger partial charge on any atom is 0.160 e. The predicted octanol–water partition coefficient (Wildman–Crippen LogP) is 16.7. The zero-order chi connectivity index (χ0) is 44.8. The third-order valence-electron chi connectivity index (χ3n) is 14.3. The molecule has 0 unspecified atom stereocenters. The summed E-state index contributed by atoms with van der Waals surface area (Å²) in [5.74, 6) is 0.681. The minimum atomic E-state index is -0.391. The number of hydrogen-bond donors (Lipinski definition) is 0. The van der Waals surface area contributed by atoms with Crippen LogP contribution in [0.15, 0.2) is 247 Å². The maximum atomic E-state index is 6.23. The average Bonchev–Trinajstić information content (AvgIpc) is 4.05. The lowest BCUT2D eigenvalue weighted by molar-refractivity contribution is 0.669. The number of aromatic nitrogens is 2. The molecule has 2 heterocycles. The van der Waals surface area contributed by atoms with Crippen molar-refractivity contribution in [3.05, 3.63) is 265 Å². The van der Waals surface area contributed by atoms with Crippen LogP contribution in [0, 0.1) is 0 Å². The van der Waals surface area contributed by atoms with Gasteiger partial charge in [0.15, 0.2) is 5.82 Å². The van der Waals surface area contributed by atoms with Crippen molar-refractivity contribution in [1.82, 2.24) is 9.97 Å². The standard InChI is InChI=1S/C65H40N2O/c1-3-15-41(16-4-1)47-35-48(45-32-34-63-55(38-45)54-22-10-14-26-62(54)68-63)37-49(36-47)61-40-60(66-64(67-61)44-17-5-2-6-18-44)43-29-27-42(28-30-43)46-31-33-53-52-21-9-13-25-58(52)65(59(53)39-46)56-23-11-7-19-50(56)51-20-8-12-24-57(51)65/h1-40H. The van der Waals surface area contributed by atoms with Crippen molar-refractivity contribution in [3.63, 3.8) is 0 Å². The Morgan fingerprint density at radius 2 is 0.721 bits per heavy atom. The Labute approximate surface area is 394 Å². The Kier molecular flexibility index (Phi) is 8.50. The molecule has 0 aliphatic heterocycles. The fourth-order valence-electron chi connectivity index (χ4n) is 11.2. The molecule has 3 heteroatoms. The summed E-state index contributed by atoms with van der Waals surface area (Å²) in [5.41, 5.74) is 23.5. The highest BCUT2D eigenvalue weighted by atomic mass is 16.3. The van der Waals surface area contributed by atoms with Gasteiger partial charge in [0.25, 0.3) is 0 Å². The molecule has 2 aliphatic rings. The van der Waals surface area contributed by atoms with E-state index in [-0.39, 0.29) is 0 Å². The summed E-state index contributed by atoms with van der Waals surface area (Å²) >= 11 is 0. The van der Waals surface area contributed by atoms with Gasteiger partial charge in [-0.25, -0.2) is 9.97 Å². The first kappa shape index (κ1) is 38.4. The first-order valence-electron chi connectivity index (χ1n) is 23.3. The van der Waals surface area contributed by atoms with E-state index in [2.05, 4.69) is 212 Å². The van der Waals surface area contributed by atoms with E-state index < -0.39 is 5.41 Å². The molecule has 68 heavy (non-hydrogen) atoms. The summed E-state index contributed by atoms with van der Waals surface area (Å²) in [6, 6.07) is 87.6. The Hall–Kier alpha value is -8.92. The van der Waals surface area contributed by atoms with E-state index in [4.69, 9.17) is 14.4 Å². The molecule has 0 saturated heterocycles. The van der Waals surface area contributed by atoms with Gasteiger partial charge < -0.3 is 4.42 Å². The summed E-state index contributed by atoms with van der Waals surface area (Å²) in [5, 5.41) is 2.21. The number of rotatable bonds is 6. The number of benzene rings is 10. The summed E-state index contributed by atoms with van der Waals surface area (Å²) < 4.78 is 6.23. The summed E-state index contributed by atoms with van der Waals surface area (Å²) in [4.78, 5) is 10.6. The van der Waals surface area contributed by atoms with E-state index in [0.29, 0.717) is 5.82 Å². The lowest BCUT2D eigenvalue weighted by Gasteiger charge is -2.30. The minimum Gasteiger partial charge on any atom is -0.456 e. The molecule has 12 aromatic rings. The number of para-hydroxylation sites is 1. The van der Waals surface area contributed by atoms with E-state index in [0.717, 1.165) is 77.8 Å². The number of fused-ring (bicyclic) bond motifs is 13. The number of hydrogen-bond acceptors (Lipinski definition) is 3. The fraction of sp³-hybridized carbons (Fsp3) is 0.0154. The van der Waals surface area contributed by atoms with Gasteiger partial charge in [0.1, 0.15) is 11.2 Å². The van der Waals surface area contributed by atoms with Crippen LogP contribution >= 0.6 is 0 Å². The zero-order valence-electron chi connectivity index (χ0n) is 36.9. The molecule has 0 amide bonds. The van der Waals surface area contributed by atoms with Gasteiger partial charge in [-0.1, -0.05) is 194 Å². The van der Waals surface area contributed by atoms with Crippen molar-refractivity contribution in [2.24, 2.45) is 0 Å². The van der Waals surface area contributed by atoms with Gasteiger partial charge in [0, 0.05) is 27.5 Å². The Morgan fingerprint density at radius 1 is 0.265 bits per heavy atom. The van der Waals surface area contributed by atoms with Crippen LogP contribution in [0.25, 0.3) is 111 Å². The van der Waals surface area contributed by atoms with E-state index in [1.165, 1.54) is 50.1 Å². The quantitative estimate of drug-likeness (QED) is 0.167. The Balaban J connectivity index is 0.894. The first-order chi connectivity index (χ1) is 33.7. The molecule has 0 fully saturated rings. The molecule has 0 radical (unpaired) electrons. The second-order valence-corrected chi connectivity index (χ2v) is 18.0. The summed E-state index contributed by atoms with van der Waals surface area (Å²) in [7, 11) is 0. The Bertz CT molecular complexity index is 3900. The fourth-order valence-corrected chi connectivity index (χ4v) is 11.2. The van der Waals surface area contributed by atoms with E-state index in [9.17, 15) is 0 Å². The maximum absolute atomic E-state index is 6.23. The third-order valence-corrected chi connectivity index (χ3v) is 14.3. The molecule has 14 rings (SSSR count). The van der Waals surface area contributed by atoms with Gasteiger partial charge in [0.05, 0.1) is 16.8 Å². The molecule has 316 valence electrons. The van der Waals surface area contributed by atoms with Crippen LogP contribution in [0.1, 0.15) is 22.3 Å². The highest BCUT2D eigenvalue weighted by Crippen LogP contribution is 2.63. The highest BCUT2D eigenvalue weighted by Gasteiger charge is 2.51. The molecule has 3 nitrogen and oxygen atoms in total. The van der Waals surface area contributed by atoms with Crippen molar-refractivity contribution >= 4 is 21.9 Å². The van der Waals surface area contributed by atoms with Crippen LogP contribution in [0.2, 0.25) is 0 Å². The van der Waals surface area contributed by atoms with Crippen LogP contribution in [0.5, 0.6) is 0 Å². The molecule has 0 bridgehead atoms. The van der Waals surface area contributed by atoms with Crippen molar-refractivity contribution in [2.75, 3.05) is 0 Å². The first-order valence-corrected chi connectivity index (χ1v) is 23.3. The van der Waals surface area contributed by atoms with Gasteiger partial charge >= 0.3 is 0 Å². The second-order valence-electron chi connectivity index (χ2n) is 18.0. The summed E-state index contributed by atoms with van der Waals surface area (Å²) in [6.07, 6.45) is 0. The van der Waals surface area contributed by atoms with Crippen LogP contribution in [-0.4, -0.2) is 9.97 Å². The van der Waals surface area contributed by atoms with Crippen molar-refractivity contribution in [3.8, 4) is 89.5 Å². The largest absolute Gasteiger partial charge is 0.456 e. The van der Waals surface area contributed by atoms with Crippen LogP contribution in [0.4, 0.5) is 0 Å². The van der Waals surface area contributed by atoms with Gasteiger partial charge in [-0.15, -0.1) is 0 Å². The van der Waals surface area contributed by atoms with Crippen LogP contribution < -0.4 is 0 Å². The van der Waals surface area contributed by atoms with E-state index in [1.54, 1.807) is 0 Å². The molecule has 0 saturated carbocycles. The van der Waals surface area contributed by atoms with Gasteiger partial charge in [-0.3, -0.25) is 0 Å². The SMILES string of the molecule is c1ccc(-c2cc(-c3ccc4oc5ccccc5c4c3)cc(-c3cc(-c4ccc(-c5ccc6c(c5)C5(c7ccccc7-c7ccccc75)c5ccccc5-6)cc4)nc(-c4ccccc4)n3)c2)cc1. The molecule has 0 N–H and O–H groups in total. The average molecular weight is 865 g/mol. The molecule has 2 aromatic heterocycles. The van der Waals surface area contributed by atoms with Gasteiger partial charge in [-0.2, -0.15) is 0 Å². The zero-order valence-corrected chi connectivity index (χ0v) is 36.9. The normalized spacial score (nSPS) is 12.8. The minimum absolute atomic E-state index is 0.391. The highest BCUT2D eigenvalue weighted by molar-refractivity contribution is 6.06. The van der Waals surface area contributed by atoms with Gasteiger partial charge in [-0.05, 0) is 126 Å². The smallest absolute Gasteiger partial charge is 0.160 e. The molecule has 0 atom stereocenters. The number of nitrogens with zero attached hydrogens (tertiary/aromatic N) is 2. The lowest BCUT2D eigenvalue weighted by Crippen LogP contribution is -2.25. The van der Waals surface area contributed by atoms with Gasteiger partial charge in [0.2, 0.25) is 0 Å². The monoisotopic (exact) mass is 864 g/mol. The van der Waals surface area contributed by atoms with E-state index in [1.807, 2.05) is 30.3 Å². The summed E-state index contributed by atoms with van der Waals surface area (Å²) in [6.45, 7) is 0. The molecule has 2 aliphatic carbocycles. The van der Waals surface area contributed by atoms with E-state index >= 15 is 0 Å². The predicted molar refractivity (Wildman–Crippen MR) is 278 cm³/mol. The third kappa shape index (κ3) is 5.86. The lowest BCUT2D eigenvalue weighted by atomic mass is 9.70. The van der Waals surface area contributed by atoms with Crippen LogP contribution in [-0.2, 0) is 5.41 Å². The second kappa shape index (κ2) is 15.1. The topological polar surface area (TPSA) is 38.9 Å². The Morgan fingerprint density at radius 3 is 1.40 bits per heavy atom. The molecule has 1 spiro atoms. The van der Waals surface area contributed by atoms with Crippen molar-refractivity contribution < 1.29 is 4.42 Å². The van der Waals surface area contributed by atoms with Crippen molar-refractivity contribution in [2.45, 2.75) is 5.41 Å². The number of furan rings is 1. The molecular weight excluding hydrogens is 825 g/mol. The van der Waals surface area contributed by atoms with Crippen LogP contribution in [0.3, 0.4) is 0 Å².